The number of para-hydroxylation sites is 1. The third-order valence-corrected chi connectivity index (χ3v) is 3.25. The molecule has 19 heavy (non-hydrogen) atoms. The highest BCUT2D eigenvalue weighted by atomic mass is 35.5. The zero-order chi connectivity index (χ0) is 13.4. The molecule has 0 unspecified atom stereocenters. The third-order valence-electron chi connectivity index (χ3n) is 2.94. The van der Waals surface area contributed by atoms with Crippen LogP contribution in [0.15, 0.2) is 30.6 Å². The van der Waals surface area contributed by atoms with Gasteiger partial charge in [0.05, 0.1) is 5.52 Å². The second-order valence-corrected chi connectivity index (χ2v) is 4.90. The lowest BCUT2D eigenvalue weighted by molar-refractivity contribution is 0.754. The van der Waals surface area contributed by atoms with E-state index in [-0.39, 0.29) is 5.92 Å². The Morgan fingerprint density at radius 3 is 2.74 bits per heavy atom. The lowest BCUT2D eigenvalue weighted by atomic mass is 10.1. The summed E-state index contributed by atoms with van der Waals surface area (Å²) in [6.45, 7) is 4.10. The van der Waals surface area contributed by atoms with Gasteiger partial charge in [0.2, 0.25) is 0 Å². The van der Waals surface area contributed by atoms with Crippen LogP contribution in [0.25, 0.3) is 16.9 Å². The number of nitrogens with zero attached hydrogens (tertiary/aromatic N) is 5. The molecule has 0 aliphatic rings. The molecule has 0 amide bonds. The molecular formula is C13H12ClN5. The van der Waals surface area contributed by atoms with Crippen LogP contribution in [0.3, 0.4) is 0 Å². The Morgan fingerprint density at radius 1 is 1.16 bits per heavy atom. The number of hydrogen-bond donors (Lipinski definition) is 0. The summed E-state index contributed by atoms with van der Waals surface area (Å²) >= 11 is 6.18. The van der Waals surface area contributed by atoms with Crippen molar-refractivity contribution in [2.75, 3.05) is 0 Å². The van der Waals surface area contributed by atoms with E-state index in [1.54, 1.807) is 4.68 Å². The van der Waals surface area contributed by atoms with Crippen molar-refractivity contribution in [3.05, 3.63) is 41.3 Å². The predicted octanol–water partition coefficient (Wildman–Crippen LogP) is 2.99. The van der Waals surface area contributed by atoms with E-state index in [9.17, 15) is 0 Å². The second kappa shape index (κ2) is 4.59. The van der Waals surface area contributed by atoms with Crippen molar-refractivity contribution in [3.63, 3.8) is 0 Å². The van der Waals surface area contributed by atoms with Crippen molar-refractivity contribution in [2.45, 2.75) is 19.8 Å². The molecule has 0 saturated heterocycles. The largest absolute Gasteiger partial charge is 0.224 e. The van der Waals surface area contributed by atoms with Gasteiger partial charge in [0.15, 0.2) is 5.82 Å². The molecule has 3 aromatic rings. The molecule has 0 bridgehead atoms. The maximum absolute atomic E-state index is 6.18. The number of benzene rings is 1. The Bertz CT molecular complexity index is 735. The maximum atomic E-state index is 6.18. The van der Waals surface area contributed by atoms with Crippen LogP contribution in [-0.2, 0) is 0 Å². The number of halogens is 1. The minimum atomic E-state index is 0.201. The number of fused-ring (bicyclic) bond motifs is 1. The van der Waals surface area contributed by atoms with Crippen LogP contribution in [0.5, 0.6) is 0 Å². The normalized spacial score (nSPS) is 11.4. The third kappa shape index (κ3) is 1.96. The molecular weight excluding hydrogens is 262 g/mol. The monoisotopic (exact) mass is 273 g/mol. The highest BCUT2D eigenvalue weighted by Gasteiger charge is 2.17. The zero-order valence-corrected chi connectivity index (χ0v) is 11.3. The fourth-order valence-electron chi connectivity index (χ4n) is 2.06. The van der Waals surface area contributed by atoms with E-state index in [0.29, 0.717) is 11.0 Å². The number of rotatable bonds is 2. The number of aromatic nitrogens is 5. The van der Waals surface area contributed by atoms with E-state index in [2.05, 4.69) is 20.3 Å². The number of hydrogen-bond acceptors (Lipinski definition) is 4. The Labute approximate surface area is 115 Å². The average molecular weight is 274 g/mol. The topological polar surface area (TPSA) is 56.5 Å². The standard InChI is InChI=1S/C13H12ClN5/c1-8(2)11-12(14)15-7-16-13(11)19-10-6-4-3-5-9(10)17-18-19/h3-8H,1-2H3. The Balaban J connectivity index is 2.30. The van der Waals surface area contributed by atoms with Gasteiger partial charge in [-0.15, -0.1) is 5.10 Å². The van der Waals surface area contributed by atoms with E-state index in [4.69, 9.17) is 11.6 Å². The van der Waals surface area contributed by atoms with Gasteiger partial charge in [-0.2, -0.15) is 4.68 Å². The molecule has 0 atom stereocenters. The second-order valence-electron chi connectivity index (χ2n) is 4.55. The van der Waals surface area contributed by atoms with E-state index in [1.165, 1.54) is 6.33 Å². The predicted molar refractivity (Wildman–Crippen MR) is 73.6 cm³/mol. The highest BCUT2D eigenvalue weighted by Crippen LogP contribution is 2.28. The lowest BCUT2D eigenvalue weighted by Crippen LogP contribution is -2.07. The molecule has 0 aliphatic heterocycles. The van der Waals surface area contributed by atoms with Gasteiger partial charge in [-0.1, -0.05) is 42.8 Å². The van der Waals surface area contributed by atoms with Gasteiger partial charge in [-0.25, -0.2) is 9.97 Å². The van der Waals surface area contributed by atoms with Gasteiger partial charge in [0, 0.05) is 5.56 Å². The Kier molecular flexibility index (Phi) is 2.91. The molecule has 0 fully saturated rings. The molecule has 3 rings (SSSR count). The first kappa shape index (κ1) is 12.0. The highest BCUT2D eigenvalue weighted by molar-refractivity contribution is 6.30. The molecule has 96 valence electrons. The summed E-state index contributed by atoms with van der Waals surface area (Å²) in [6, 6.07) is 7.74. The average Bonchev–Trinajstić information content (AvgIpc) is 2.81. The molecule has 5 nitrogen and oxygen atoms in total. The quantitative estimate of drug-likeness (QED) is 0.674. The fourth-order valence-corrected chi connectivity index (χ4v) is 2.40. The smallest absolute Gasteiger partial charge is 0.164 e. The molecule has 0 N–H and O–H groups in total. The SMILES string of the molecule is CC(C)c1c(Cl)ncnc1-n1nnc2ccccc21. The summed E-state index contributed by atoms with van der Waals surface area (Å²) < 4.78 is 1.71. The van der Waals surface area contributed by atoms with E-state index in [0.717, 1.165) is 16.6 Å². The van der Waals surface area contributed by atoms with Gasteiger partial charge in [-0.05, 0) is 18.1 Å². The summed E-state index contributed by atoms with van der Waals surface area (Å²) in [7, 11) is 0. The van der Waals surface area contributed by atoms with Crippen molar-refractivity contribution < 1.29 is 0 Å². The van der Waals surface area contributed by atoms with Gasteiger partial charge in [-0.3, -0.25) is 0 Å². The van der Waals surface area contributed by atoms with Crippen molar-refractivity contribution in [1.29, 1.82) is 0 Å². The van der Waals surface area contributed by atoms with Crippen molar-refractivity contribution in [2.24, 2.45) is 0 Å². The summed E-state index contributed by atoms with van der Waals surface area (Å²) in [4.78, 5) is 8.36. The van der Waals surface area contributed by atoms with Crippen LogP contribution in [0, 0.1) is 0 Å². The first-order chi connectivity index (χ1) is 9.18. The summed E-state index contributed by atoms with van der Waals surface area (Å²) in [5.41, 5.74) is 2.60. The van der Waals surface area contributed by atoms with Gasteiger partial charge >= 0.3 is 0 Å². The molecule has 2 aromatic heterocycles. The van der Waals surface area contributed by atoms with Crippen LogP contribution in [0.2, 0.25) is 5.15 Å². The molecule has 2 heterocycles. The molecule has 6 heteroatoms. The van der Waals surface area contributed by atoms with Crippen LogP contribution < -0.4 is 0 Å². The van der Waals surface area contributed by atoms with Crippen LogP contribution in [0.1, 0.15) is 25.3 Å². The zero-order valence-electron chi connectivity index (χ0n) is 10.6. The Morgan fingerprint density at radius 2 is 1.95 bits per heavy atom. The first-order valence-electron chi connectivity index (χ1n) is 5.99. The summed E-state index contributed by atoms with van der Waals surface area (Å²) in [5, 5.41) is 8.76. The molecule has 0 aliphatic carbocycles. The summed E-state index contributed by atoms with van der Waals surface area (Å²) in [5.74, 6) is 0.885. The molecule has 0 spiro atoms. The fraction of sp³-hybridized carbons (Fsp3) is 0.231. The maximum Gasteiger partial charge on any atom is 0.164 e. The van der Waals surface area contributed by atoms with Gasteiger partial charge in [0.1, 0.15) is 17.0 Å². The van der Waals surface area contributed by atoms with E-state index in [1.807, 2.05) is 38.1 Å². The van der Waals surface area contributed by atoms with E-state index < -0.39 is 0 Å². The summed E-state index contributed by atoms with van der Waals surface area (Å²) in [6.07, 6.45) is 1.44. The van der Waals surface area contributed by atoms with Crippen LogP contribution in [0.4, 0.5) is 0 Å². The van der Waals surface area contributed by atoms with Crippen LogP contribution >= 0.6 is 11.6 Å². The first-order valence-corrected chi connectivity index (χ1v) is 6.37. The van der Waals surface area contributed by atoms with Gasteiger partial charge < -0.3 is 0 Å². The van der Waals surface area contributed by atoms with E-state index >= 15 is 0 Å². The van der Waals surface area contributed by atoms with Crippen molar-refractivity contribution >= 4 is 22.6 Å². The van der Waals surface area contributed by atoms with Gasteiger partial charge in [0.25, 0.3) is 0 Å². The minimum Gasteiger partial charge on any atom is -0.224 e. The molecule has 0 saturated carbocycles. The van der Waals surface area contributed by atoms with Crippen molar-refractivity contribution in [3.8, 4) is 5.82 Å². The minimum absolute atomic E-state index is 0.201. The van der Waals surface area contributed by atoms with Crippen molar-refractivity contribution in [1.82, 2.24) is 25.0 Å². The lowest BCUT2D eigenvalue weighted by Gasteiger charge is -2.12. The molecule has 1 aromatic carbocycles. The Hall–Kier alpha value is -2.01. The molecule has 0 radical (unpaired) electrons. The van der Waals surface area contributed by atoms with Crippen LogP contribution in [-0.4, -0.2) is 25.0 Å².